The number of hydrogen-bond donors (Lipinski definition) is 1. The molecule has 1 aromatic carbocycles. The highest BCUT2D eigenvalue weighted by molar-refractivity contribution is 6.00. The van der Waals surface area contributed by atoms with Crippen LogP contribution in [0.3, 0.4) is 0 Å². The van der Waals surface area contributed by atoms with Crippen LogP contribution in [0.5, 0.6) is 0 Å². The predicted octanol–water partition coefficient (Wildman–Crippen LogP) is 3.19. The molecule has 1 aromatic heterocycles. The molecule has 2 aromatic rings. The fraction of sp³-hybridized carbons (Fsp3) is 0.381. The van der Waals surface area contributed by atoms with Gasteiger partial charge in [-0.3, -0.25) is 14.4 Å². The smallest absolute Gasteiger partial charge is 0.262 e. The number of hydrogen-bond acceptors (Lipinski definition) is 3. The van der Waals surface area contributed by atoms with E-state index >= 15 is 0 Å². The molecule has 1 aliphatic rings. The Bertz CT molecular complexity index is 886. The first-order valence-corrected chi connectivity index (χ1v) is 9.07. The molecule has 3 rings (SSSR count). The summed E-state index contributed by atoms with van der Waals surface area (Å²) in [6, 6.07) is 10.9. The monoisotopic (exact) mass is 352 g/mol. The number of rotatable bonds is 6. The van der Waals surface area contributed by atoms with Crippen molar-refractivity contribution < 1.29 is 9.59 Å². The second-order valence-corrected chi connectivity index (χ2v) is 7.01. The van der Waals surface area contributed by atoms with E-state index in [1.54, 1.807) is 13.1 Å². The summed E-state index contributed by atoms with van der Waals surface area (Å²) in [5.74, 6) is -0.0122. The molecule has 1 fully saturated rings. The topological polar surface area (TPSA) is 68.2 Å². The third-order valence-corrected chi connectivity index (χ3v) is 5.05. The van der Waals surface area contributed by atoms with Crippen molar-refractivity contribution in [3.63, 3.8) is 0 Å². The summed E-state index contributed by atoms with van der Waals surface area (Å²) >= 11 is 0. The van der Waals surface area contributed by atoms with Crippen molar-refractivity contribution in [2.75, 3.05) is 0 Å². The van der Waals surface area contributed by atoms with Crippen LogP contribution in [0.25, 0.3) is 0 Å². The summed E-state index contributed by atoms with van der Waals surface area (Å²) in [7, 11) is 0. The Hall–Kier alpha value is -2.69. The van der Waals surface area contributed by atoms with E-state index in [4.69, 9.17) is 0 Å². The Morgan fingerprint density at radius 3 is 2.50 bits per heavy atom. The average Bonchev–Trinajstić information content (AvgIpc) is 3.35. The van der Waals surface area contributed by atoms with Crippen LogP contribution in [0.1, 0.15) is 65.9 Å². The summed E-state index contributed by atoms with van der Waals surface area (Å²) < 4.78 is 1.49. The number of pyridine rings is 1. The van der Waals surface area contributed by atoms with Crippen molar-refractivity contribution in [1.29, 1.82) is 0 Å². The minimum Gasteiger partial charge on any atom is -0.349 e. The maximum Gasteiger partial charge on any atom is 0.262 e. The van der Waals surface area contributed by atoms with E-state index in [1.165, 1.54) is 10.6 Å². The number of ketones is 1. The highest BCUT2D eigenvalue weighted by Gasteiger charge is 2.34. The third kappa shape index (κ3) is 3.62. The van der Waals surface area contributed by atoms with Crippen molar-refractivity contribution in [2.45, 2.75) is 45.7 Å². The molecule has 136 valence electrons. The zero-order valence-electron chi connectivity index (χ0n) is 15.4. The quantitative estimate of drug-likeness (QED) is 0.812. The van der Waals surface area contributed by atoms with Gasteiger partial charge in [-0.1, -0.05) is 44.2 Å². The number of amides is 1. The Kier molecular flexibility index (Phi) is 5.07. The SMILES string of the molecule is CCC(=O)c1cc(C(=O)NC2C[C@H]2C)cn([C@H](C)c2ccccc2)c1=O. The Morgan fingerprint density at radius 1 is 1.27 bits per heavy atom. The van der Waals surface area contributed by atoms with Gasteiger partial charge >= 0.3 is 0 Å². The lowest BCUT2D eigenvalue weighted by Crippen LogP contribution is -2.33. The van der Waals surface area contributed by atoms with E-state index in [-0.39, 0.29) is 41.3 Å². The minimum absolute atomic E-state index is 0.0757. The summed E-state index contributed by atoms with van der Waals surface area (Å²) in [5, 5.41) is 2.96. The van der Waals surface area contributed by atoms with Crippen molar-refractivity contribution in [2.24, 2.45) is 5.92 Å². The number of carbonyl (C=O) groups is 2. The van der Waals surface area contributed by atoms with Gasteiger partial charge in [-0.25, -0.2) is 0 Å². The molecule has 1 N–H and O–H groups in total. The molecule has 1 amide bonds. The lowest BCUT2D eigenvalue weighted by Gasteiger charge is -2.18. The van der Waals surface area contributed by atoms with Gasteiger partial charge in [-0.05, 0) is 30.9 Å². The highest BCUT2D eigenvalue weighted by atomic mass is 16.2. The van der Waals surface area contributed by atoms with E-state index in [0.717, 1.165) is 12.0 Å². The molecule has 1 unspecified atom stereocenters. The van der Waals surface area contributed by atoms with Gasteiger partial charge in [0.1, 0.15) is 0 Å². The maximum absolute atomic E-state index is 12.9. The van der Waals surface area contributed by atoms with Crippen LogP contribution < -0.4 is 10.9 Å². The van der Waals surface area contributed by atoms with Crippen molar-refractivity contribution in [3.05, 3.63) is 69.6 Å². The van der Waals surface area contributed by atoms with Crippen LogP contribution in [0.15, 0.2) is 47.4 Å². The average molecular weight is 352 g/mol. The number of nitrogens with one attached hydrogen (secondary N) is 1. The lowest BCUT2D eigenvalue weighted by molar-refractivity contribution is 0.0948. The molecular weight excluding hydrogens is 328 g/mol. The van der Waals surface area contributed by atoms with Crippen molar-refractivity contribution in [1.82, 2.24) is 9.88 Å². The van der Waals surface area contributed by atoms with Gasteiger partial charge in [-0.15, -0.1) is 0 Å². The summed E-state index contributed by atoms with van der Waals surface area (Å²) in [6.07, 6.45) is 2.75. The highest BCUT2D eigenvalue weighted by Crippen LogP contribution is 2.29. The van der Waals surface area contributed by atoms with Crippen LogP contribution in [0, 0.1) is 5.92 Å². The molecule has 1 heterocycles. The summed E-state index contributed by atoms with van der Waals surface area (Å²) in [6.45, 7) is 5.68. The van der Waals surface area contributed by atoms with Crippen LogP contribution in [-0.2, 0) is 0 Å². The number of nitrogens with zero attached hydrogens (tertiary/aromatic N) is 1. The first kappa shape index (κ1) is 18.1. The zero-order chi connectivity index (χ0) is 18.8. The molecule has 3 atom stereocenters. The molecule has 0 spiro atoms. The number of aromatic nitrogens is 1. The fourth-order valence-corrected chi connectivity index (χ4v) is 3.07. The molecule has 0 saturated heterocycles. The largest absolute Gasteiger partial charge is 0.349 e. The molecule has 5 nitrogen and oxygen atoms in total. The van der Waals surface area contributed by atoms with Gasteiger partial charge in [0.2, 0.25) is 0 Å². The van der Waals surface area contributed by atoms with E-state index < -0.39 is 0 Å². The standard InChI is InChI=1S/C21H24N2O3/c1-4-19(24)17-11-16(20(25)22-18-10-13(18)2)12-23(21(17)26)14(3)15-8-6-5-7-9-15/h5-9,11-14,18H,4,10H2,1-3H3,(H,22,25)/t13-,14-,18?/m1/s1. The van der Waals surface area contributed by atoms with Gasteiger partial charge < -0.3 is 9.88 Å². The van der Waals surface area contributed by atoms with Crippen LogP contribution >= 0.6 is 0 Å². The van der Waals surface area contributed by atoms with Gasteiger partial charge in [0.25, 0.3) is 11.5 Å². The minimum atomic E-state index is -0.357. The van der Waals surface area contributed by atoms with E-state index in [1.807, 2.05) is 37.3 Å². The Balaban J connectivity index is 2.04. The second kappa shape index (κ2) is 7.28. The van der Waals surface area contributed by atoms with E-state index in [9.17, 15) is 14.4 Å². The summed E-state index contributed by atoms with van der Waals surface area (Å²) in [4.78, 5) is 37.7. The molecule has 0 radical (unpaired) electrons. The maximum atomic E-state index is 12.9. The molecule has 0 aliphatic heterocycles. The van der Waals surface area contributed by atoms with Gasteiger partial charge in [-0.2, -0.15) is 0 Å². The summed E-state index contributed by atoms with van der Waals surface area (Å²) in [5.41, 5.74) is 1.01. The lowest BCUT2D eigenvalue weighted by atomic mass is 10.0. The van der Waals surface area contributed by atoms with Crippen molar-refractivity contribution >= 4 is 11.7 Å². The van der Waals surface area contributed by atoms with Gasteiger partial charge in [0.15, 0.2) is 5.78 Å². The number of benzene rings is 1. The van der Waals surface area contributed by atoms with Gasteiger partial charge in [0, 0.05) is 18.7 Å². The van der Waals surface area contributed by atoms with E-state index in [0.29, 0.717) is 11.5 Å². The third-order valence-electron chi connectivity index (χ3n) is 5.05. The van der Waals surface area contributed by atoms with Crippen LogP contribution in [0.2, 0.25) is 0 Å². The predicted molar refractivity (Wildman–Crippen MR) is 101 cm³/mol. The number of carbonyl (C=O) groups excluding carboxylic acids is 2. The molecular formula is C21H24N2O3. The fourth-order valence-electron chi connectivity index (χ4n) is 3.07. The first-order valence-electron chi connectivity index (χ1n) is 9.07. The van der Waals surface area contributed by atoms with Crippen molar-refractivity contribution in [3.8, 4) is 0 Å². The van der Waals surface area contributed by atoms with Crippen LogP contribution in [-0.4, -0.2) is 22.3 Å². The molecule has 0 bridgehead atoms. The van der Waals surface area contributed by atoms with Gasteiger partial charge in [0.05, 0.1) is 17.2 Å². The van der Waals surface area contributed by atoms with E-state index in [2.05, 4.69) is 12.2 Å². The number of Topliss-reactive ketones (excluding diaryl/α,β-unsaturated/α-hetero) is 1. The Morgan fingerprint density at radius 2 is 1.92 bits per heavy atom. The second-order valence-electron chi connectivity index (χ2n) is 7.01. The Labute approximate surface area is 153 Å². The molecule has 1 saturated carbocycles. The molecule has 1 aliphatic carbocycles. The zero-order valence-corrected chi connectivity index (χ0v) is 15.4. The molecule has 5 heteroatoms. The first-order chi connectivity index (χ1) is 12.4. The van der Waals surface area contributed by atoms with Crippen LogP contribution in [0.4, 0.5) is 0 Å². The normalized spacial score (nSPS) is 19.7. The molecule has 26 heavy (non-hydrogen) atoms.